The van der Waals surface area contributed by atoms with Crippen LogP contribution in [0.2, 0.25) is 10.0 Å². The molecule has 0 radical (unpaired) electrons. The Bertz CT molecular complexity index is 1230. The molecule has 8 heteroatoms. The predicted octanol–water partition coefficient (Wildman–Crippen LogP) is 4.91. The molecule has 4 rings (SSSR count). The van der Waals surface area contributed by atoms with Gasteiger partial charge in [0.1, 0.15) is 12.4 Å². The van der Waals surface area contributed by atoms with Crippen LogP contribution in [0, 0.1) is 0 Å². The summed E-state index contributed by atoms with van der Waals surface area (Å²) in [6, 6.07) is 21.0. The van der Waals surface area contributed by atoms with Crippen LogP contribution >= 0.6 is 23.2 Å². The lowest BCUT2D eigenvalue weighted by molar-refractivity contribution is -0.116. The number of hydrogen-bond donors (Lipinski definition) is 2. The van der Waals surface area contributed by atoms with Gasteiger partial charge in [-0.3, -0.25) is 9.59 Å². The van der Waals surface area contributed by atoms with Gasteiger partial charge in [-0.15, -0.1) is 0 Å². The molecule has 2 N–H and O–H groups in total. The molecule has 0 atom stereocenters. The van der Waals surface area contributed by atoms with Crippen molar-refractivity contribution < 1.29 is 9.59 Å². The van der Waals surface area contributed by atoms with Crippen molar-refractivity contribution in [1.82, 2.24) is 14.9 Å². The van der Waals surface area contributed by atoms with Crippen molar-refractivity contribution in [2.75, 3.05) is 5.32 Å². The van der Waals surface area contributed by atoms with Gasteiger partial charge < -0.3 is 15.2 Å². The molecular formula is C23H18Cl2N4O2. The Balaban J connectivity index is 1.52. The van der Waals surface area contributed by atoms with E-state index in [2.05, 4.69) is 15.6 Å². The molecule has 2 amide bonds. The molecule has 0 spiro atoms. The number of imidazole rings is 1. The molecule has 1 heterocycles. The molecule has 3 aromatic carbocycles. The Morgan fingerprint density at radius 1 is 0.871 bits per heavy atom. The number of para-hydroxylation sites is 2. The van der Waals surface area contributed by atoms with E-state index in [-0.39, 0.29) is 24.9 Å². The van der Waals surface area contributed by atoms with Crippen LogP contribution < -0.4 is 10.6 Å². The van der Waals surface area contributed by atoms with Crippen molar-refractivity contribution >= 4 is 51.7 Å². The monoisotopic (exact) mass is 452 g/mol. The summed E-state index contributed by atoms with van der Waals surface area (Å²) in [5.74, 6) is 0.117. The standard InChI is InChI=1S/C23H18Cl2N4O2/c24-16-7-5-15(6-8-16)23(31)26-13-21-28-19-3-1-2-4-20(19)29(21)14-22(30)27-18-11-9-17(25)10-12-18/h1-12H,13-14H2,(H,26,31)(H,27,30). The normalized spacial score (nSPS) is 10.8. The van der Waals surface area contributed by atoms with Gasteiger partial charge in [-0.1, -0.05) is 35.3 Å². The van der Waals surface area contributed by atoms with E-state index >= 15 is 0 Å². The summed E-state index contributed by atoms with van der Waals surface area (Å²) < 4.78 is 1.79. The lowest BCUT2D eigenvalue weighted by Crippen LogP contribution is -2.26. The summed E-state index contributed by atoms with van der Waals surface area (Å²) in [5, 5.41) is 6.86. The highest BCUT2D eigenvalue weighted by Gasteiger charge is 2.15. The SMILES string of the molecule is O=C(Cn1c(CNC(=O)c2ccc(Cl)cc2)nc2ccccc21)Nc1ccc(Cl)cc1. The van der Waals surface area contributed by atoms with Gasteiger partial charge in [0.15, 0.2) is 0 Å². The number of nitrogens with zero attached hydrogens (tertiary/aromatic N) is 2. The number of carbonyl (C=O) groups excluding carboxylic acids is 2. The minimum Gasteiger partial charge on any atom is -0.345 e. The molecule has 1 aromatic heterocycles. The van der Waals surface area contributed by atoms with Crippen LogP contribution in [-0.4, -0.2) is 21.4 Å². The third kappa shape index (κ3) is 5.05. The number of fused-ring (bicyclic) bond motifs is 1. The first-order valence-corrected chi connectivity index (χ1v) is 10.3. The summed E-state index contributed by atoms with van der Waals surface area (Å²) >= 11 is 11.8. The van der Waals surface area contributed by atoms with Crippen LogP contribution in [0.4, 0.5) is 5.69 Å². The molecular weight excluding hydrogens is 435 g/mol. The Morgan fingerprint density at radius 2 is 1.52 bits per heavy atom. The number of aromatic nitrogens is 2. The number of carbonyl (C=O) groups is 2. The van der Waals surface area contributed by atoms with Crippen molar-refractivity contribution in [2.24, 2.45) is 0 Å². The Hall–Kier alpha value is -3.35. The molecule has 6 nitrogen and oxygen atoms in total. The third-order valence-electron chi connectivity index (χ3n) is 4.68. The summed E-state index contributed by atoms with van der Waals surface area (Å²) in [5.41, 5.74) is 2.70. The summed E-state index contributed by atoms with van der Waals surface area (Å²) in [6.07, 6.45) is 0. The van der Waals surface area contributed by atoms with E-state index in [4.69, 9.17) is 23.2 Å². The number of nitrogens with one attached hydrogen (secondary N) is 2. The third-order valence-corrected chi connectivity index (χ3v) is 5.18. The van der Waals surface area contributed by atoms with Crippen LogP contribution in [0.5, 0.6) is 0 Å². The van der Waals surface area contributed by atoms with E-state index in [1.54, 1.807) is 53.1 Å². The molecule has 0 aliphatic heterocycles. The topological polar surface area (TPSA) is 76.0 Å². The van der Waals surface area contributed by atoms with Gasteiger partial charge in [0.05, 0.1) is 17.6 Å². The first-order chi connectivity index (χ1) is 15.0. The van der Waals surface area contributed by atoms with Gasteiger partial charge in [-0.25, -0.2) is 4.98 Å². The first kappa shape index (κ1) is 20.9. The minimum atomic E-state index is -0.249. The molecule has 0 unspecified atom stereocenters. The van der Waals surface area contributed by atoms with E-state index < -0.39 is 0 Å². The number of anilines is 1. The summed E-state index contributed by atoms with van der Waals surface area (Å²) in [4.78, 5) is 29.7. The number of halogens is 2. The van der Waals surface area contributed by atoms with Gasteiger partial charge in [0, 0.05) is 21.3 Å². The average molecular weight is 453 g/mol. The molecule has 0 bridgehead atoms. The van der Waals surface area contributed by atoms with E-state index in [0.29, 0.717) is 27.1 Å². The highest BCUT2D eigenvalue weighted by atomic mass is 35.5. The Labute approximate surface area is 188 Å². The van der Waals surface area contributed by atoms with Crippen molar-refractivity contribution in [2.45, 2.75) is 13.1 Å². The molecule has 31 heavy (non-hydrogen) atoms. The minimum absolute atomic E-state index is 0.0509. The zero-order chi connectivity index (χ0) is 21.8. The van der Waals surface area contributed by atoms with Gasteiger partial charge in [0.2, 0.25) is 5.91 Å². The summed E-state index contributed by atoms with van der Waals surface area (Å²) in [7, 11) is 0. The fourth-order valence-corrected chi connectivity index (χ4v) is 3.43. The van der Waals surface area contributed by atoms with Crippen molar-refractivity contribution in [3.05, 3.63) is 94.2 Å². The second-order valence-electron chi connectivity index (χ2n) is 6.85. The van der Waals surface area contributed by atoms with Gasteiger partial charge >= 0.3 is 0 Å². The molecule has 0 saturated carbocycles. The zero-order valence-corrected chi connectivity index (χ0v) is 17.8. The number of hydrogen-bond acceptors (Lipinski definition) is 3. The van der Waals surface area contributed by atoms with Crippen LogP contribution in [0.15, 0.2) is 72.8 Å². The first-order valence-electron chi connectivity index (χ1n) is 9.53. The van der Waals surface area contributed by atoms with Gasteiger partial charge in [-0.2, -0.15) is 0 Å². The van der Waals surface area contributed by atoms with E-state index in [1.807, 2.05) is 24.3 Å². The molecule has 0 aliphatic carbocycles. The van der Waals surface area contributed by atoms with Crippen LogP contribution in [0.3, 0.4) is 0 Å². The van der Waals surface area contributed by atoms with Gasteiger partial charge in [0.25, 0.3) is 5.91 Å². The van der Waals surface area contributed by atoms with Crippen LogP contribution in [-0.2, 0) is 17.9 Å². The predicted molar refractivity (Wildman–Crippen MR) is 122 cm³/mol. The smallest absolute Gasteiger partial charge is 0.251 e. The number of rotatable bonds is 6. The molecule has 0 aliphatic rings. The van der Waals surface area contributed by atoms with Crippen LogP contribution in [0.1, 0.15) is 16.2 Å². The lowest BCUT2D eigenvalue weighted by Gasteiger charge is -2.11. The molecule has 4 aromatic rings. The van der Waals surface area contributed by atoms with E-state index in [0.717, 1.165) is 11.0 Å². The maximum atomic E-state index is 12.7. The Morgan fingerprint density at radius 3 is 2.23 bits per heavy atom. The average Bonchev–Trinajstić information content (AvgIpc) is 3.11. The zero-order valence-electron chi connectivity index (χ0n) is 16.3. The maximum Gasteiger partial charge on any atom is 0.251 e. The highest BCUT2D eigenvalue weighted by molar-refractivity contribution is 6.31. The maximum absolute atomic E-state index is 12.7. The van der Waals surface area contributed by atoms with Gasteiger partial charge in [-0.05, 0) is 60.7 Å². The second kappa shape index (κ2) is 9.20. The summed E-state index contributed by atoms with van der Waals surface area (Å²) in [6.45, 7) is 0.222. The molecule has 0 fully saturated rings. The van der Waals surface area contributed by atoms with E-state index in [1.165, 1.54) is 0 Å². The van der Waals surface area contributed by atoms with E-state index in [9.17, 15) is 9.59 Å². The second-order valence-corrected chi connectivity index (χ2v) is 7.72. The number of benzene rings is 3. The lowest BCUT2D eigenvalue weighted by atomic mass is 10.2. The quantitative estimate of drug-likeness (QED) is 0.436. The van der Waals surface area contributed by atoms with Crippen molar-refractivity contribution in [1.29, 1.82) is 0 Å². The fraction of sp³-hybridized carbons (Fsp3) is 0.0870. The van der Waals surface area contributed by atoms with Crippen molar-refractivity contribution in [3.8, 4) is 0 Å². The Kier molecular flexibility index (Phi) is 6.21. The molecule has 156 valence electrons. The fourth-order valence-electron chi connectivity index (χ4n) is 3.18. The molecule has 0 saturated heterocycles. The van der Waals surface area contributed by atoms with Crippen LogP contribution in [0.25, 0.3) is 11.0 Å². The van der Waals surface area contributed by atoms with Crippen molar-refractivity contribution in [3.63, 3.8) is 0 Å². The highest BCUT2D eigenvalue weighted by Crippen LogP contribution is 2.18. The largest absolute Gasteiger partial charge is 0.345 e. The number of amides is 2.